The van der Waals surface area contributed by atoms with Gasteiger partial charge in [0.1, 0.15) is 0 Å². The Morgan fingerprint density at radius 3 is 1.79 bits per heavy atom. The van der Waals surface area contributed by atoms with Gasteiger partial charge in [-0.1, -0.05) is 69.6 Å². The maximum atomic E-state index is 9.78. The van der Waals surface area contributed by atoms with Crippen molar-refractivity contribution in [2.24, 2.45) is 0 Å². The van der Waals surface area contributed by atoms with Crippen LogP contribution in [-0.4, -0.2) is 5.11 Å². The van der Waals surface area contributed by atoms with E-state index in [0.717, 1.165) is 0 Å². The highest BCUT2D eigenvalue weighted by atomic mass is 35.5. The molecule has 100 valence electrons. The summed E-state index contributed by atoms with van der Waals surface area (Å²) in [7, 11) is 0. The fourth-order valence-electron chi connectivity index (χ4n) is 1.57. The molecule has 2 aromatic rings. The third-order valence-electron chi connectivity index (χ3n) is 2.44. The highest BCUT2D eigenvalue weighted by molar-refractivity contribution is 6.49. The highest BCUT2D eigenvalue weighted by Crippen LogP contribution is 2.49. The van der Waals surface area contributed by atoms with E-state index in [2.05, 4.69) is 0 Å². The van der Waals surface area contributed by atoms with Crippen LogP contribution >= 0.6 is 69.6 Å². The van der Waals surface area contributed by atoms with Crippen molar-refractivity contribution < 1.29 is 5.11 Å². The summed E-state index contributed by atoms with van der Waals surface area (Å²) in [5, 5.41) is 10.8. The number of phenols is 1. The molecular formula is C12H4Cl6O. The molecule has 0 amide bonds. The molecule has 0 aromatic heterocycles. The Balaban J connectivity index is 2.88. The van der Waals surface area contributed by atoms with Crippen LogP contribution in [0.4, 0.5) is 0 Å². The van der Waals surface area contributed by atoms with Crippen LogP contribution in [0.3, 0.4) is 0 Å². The zero-order chi connectivity index (χ0) is 14.3. The van der Waals surface area contributed by atoms with E-state index < -0.39 is 0 Å². The third kappa shape index (κ3) is 2.73. The molecule has 2 rings (SSSR count). The van der Waals surface area contributed by atoms with E-state index in [1.807, 2.05) is 0 Å². The summed E-state index contributed by atoms with van der Waals surface area (Å²) in [6.45, 7) is 0. The molecule has 0 atom stereocenters. The lowest BCUT2D eigenvalue weighted by atomic mass is 10.0. The summed E-state index contributed by atoms with van der Waals surface area (Å²) in [6.07, 6.45) is 0. The summed E-state index contributed by atoms with van der Waals surface area (Å²) in [6, 6.07) is 4.46. The van der Waals surface area contributed by atoms with Gasteiger partial charge in [0.2, 0.25) is 0 Å². The molecule has 1 N–H and O–H groups in total. The lowest BCUT2D eigenvalue weighted by Gasteiger charge is -2.14. The molecule has 0 bridgehead atoms. The van der Waals surface area contributed by atoms with Crippen molar-refractivity contribution in [2.75, 3.05) is 0 Å². The smallest absolute Gasteiger partial charge is 0.153 e. The Morgan fingerprint density at radius 1 is 0.632 bits per heavy atom. The second-order valence-electron chi connectivity index (χ2n) is 3.60. The van der Waals surface area contributed by atoms with Crippen LogP contribution in [0.15, 0.2) is 18.2 Å². The van der Waals surface area contributed by atoms with Crippen LogP contribution < -0.4 is 0 Å². The van der Waals surface area contributed by atoms with Gasteiger partial charge in [-0.15, -0.1) is 0 Å². The van der Waals surface area contributed by atoms with Gasteiger partial charge in [0.05, 0.1) is 30.1 Å². The minimum atomic E-state index is -0.296. The molecule has 0 aliphatic heterocycles. The number of rotatable bonds is 1. The molecule has 0 unspecified atom stereocenters. The molecule has 0 aliphatic rings. The quantitative estimate of drug-likeness (QED) is 0.532. The maximum Gasteiger partial charge on any atom is 0.153 e. The minimum Gasteiger partial charge on any atom is -0.505 e. The van der Waals surface area contributed by atoms with Crippen molar-refractivity contribution in [2.45, 2.75) is 0 Å². The van der Waals surface area contributed by atoms with E-state index in [-0.39, 0.29) is 31.4 Å². The second kappa shape index (κ2) is 5.77. The molecule has 7 heteroatoms. The van der Waals surface area contributed by atoms with Crippen molar-refractivity contribution in [1.82, 2.24) is 0 Å². The Morgan fingerprint density at radius 2 is 1.16 bits per heavy atom. The lowest BCUT2D eigenvalue weighted by Crippen LogP contribution is -1.87. The van der Waals surface area contributed by atoms with E-state index in [9.17, 15) is 5.11 Å². The van der Waals surface area contributed by atoms with Crippen LogP contribution in [0.5, 0.6) is 5.75 Å². The summed E-state index contributed by atoms with van der Waals surface area (Å²) >= 11 is 36.1. The van der Waals surface area contributed by atoms with Crippen molar-refractivity contribution in [3.63, 3.8) is 0 Å². The molecule has 0 saturated carbocycles. The molecule has 0 spiro atoms. The van der Waals surface area contributed by atoms with Crippen LogP contribution in [0.25, 0.3) is 11.1 Å². The fraction of sp³-hybridized carbons (Fsp3) is 0. The molecule has 0 heterocycles. The Labute approximate surface area is 139 Å². The second-order valence-corrected chi connectivity index (χ2v) is 5.98. The molecule has 0 radical (unpaired) electrons. The summed E-state index contributed by atoms with van der Waals surface area (Å²) in [5.41, 5.74) is 0.625. The normalized spacial score (nSPS) is 10.8. The lowest BCUT2D eigenvalue weighted by molar-refractivity contribution is 0.476. The van der Waals surface area contributed by atoms with Gasteiger partial charge in [0, 0.05) is 11.1 Å². The molecule has 0 saturated heterocycles. The number of aromatic hydroxyl groups is 1. The van der Waals surface area contributed by atoms with Gasteiger partial charge >= 0.3 is 0 Å². The van der Waals surface area contributed by atoms with Gasteiger partial charge in [-0.05, 0) is 18.2 Å². The van der Waals surface area contributed by atoms with Crippen molar-refractivity contribution in [3.8, 4) is 16.9 Å². The number of halogens is 6. The molecule has 19 heavy (non-hydrogen) atoms. The predicted molar refractivity (Wildman–Crippen MR) is 83.6 cm³/mol. The first-order valence-electron chi connectivity index (χ1n) is 4.85. The van der Waals surface area contributed by atoms with Crippen molar-refractivity contribution in [3.05, 3.63) is 48.3 Å². The van der Waals surface area contributed by atoms with Gasteiger partial charge in [-0.25, -0.2) is 0 Å². The largest absolute Gasteiger partial charge is 0.505 e. The first-order valence-corrected chi connectivity index (χ1v) is 7.11. The van der Waals surface area contributed by atoms with E-state index in [1.165, 1.54) is 6.07 Å². The van der Waals surface area contributed by atoms with Gasteiger partial charge in [-0.2, -0.15) is 0 Å². The van der Waals surface area contributed by atoms with E-state index in [0.29, 0.717) is 15.6 Å². The van der Waals surface area contributed by atoms with Crippen molar-refractivity contribution >= 4 is 69.6 Å². The Kier molecular flexibility index (Phi) is 4.67. The first-order chi connectivity index (χ1) is 8.84. The summed E-state index contributed by atoms with van der Waals surface area (Å²) in [5.74, 6) is -0.296. The monoisotopic (exact) mass is 374 g/mol. The average molecular weight is 377 g/mol. The predicted octanol–water partition coefficient (Wildman–Crippen LogP) is 6.98. The van der Waals surface area contributed by atoms with E-state index >= 15 is 0 Å². The minimum absolute atomic E-state index is 0.0352. The summed E-state index contributed by atoms with van der Waals surface area (Å²) in [4.78, 5) is 0. The van der Waals surface area contributed by atoms with E-state index in [1.54, 1.807) is 12.1 Å². The zero-order valence-electron chi connectivity index (χ0n) is 8.95. The van der Waals surface area contributed by atoms with Crippen LogP contribution in [0, 0.1) is 0 Å². The van der Waals surface area contributed by atoms with Gasteiger partial charge in [-0.3, -0.25) is 0 Å². The Hall–Kier alpha value is -0.0200. The van der Waals surface area contributed by atoms with E-state index in [4.69, 9.17) is 69.6 Å². The van der Waals surface area contributed by atoms with Crippen LogP contribution in [0.2, 0.25) is 30.1 Å². The van der Waals surface area contributed by atoms with Crippen LogP contribution in [0.1, 0.15) is 0 Å². The zero-order valence-corrected chi connectivity index (χ0v) is 13.5. The third-order valence-corrected chi connectivity index (χ3v) is 4.51. The molecule has 1 nitrogen and oxygen atoms in total. The SMILES string of the molecule is Oc1c(Cl)cc(Cl)c(-c2c(Cl)ccc(Cl)c2Cl)c1Cl. The molecule has 0 aliphatic carbocycles. The number of hydrogen-bond donors (Lipinski definition) is 1. The van der Waals surface area contributed by atoms with Gasteiger partial charge in [0.15, 0.2) is 5.75 Å². The maximum absolute atomic E-state index is 9.78. The summed E-state index contributed by atoms with van der Waals surface area (Å²) < 4.78 is 0. The van der Waals surface area contributed by atoms with Crippen molar-refractivity contribution in [1.29, 1.82) is 0 Å². The first kappa shape index (κ1) is 15.4. The Bertz CT molecular complexity index is 668. The average Bonchev–Trinajstić information content (AvgIpc) is 2.35. The molecule has 2 aromatic carbocycles. The number of benzene rings is 2. The van der Waals surface area contributed by atoms with Gasteiger partial charge < -0.3 is 5.11 Å². The fourth-order valence-corrected chi connectivity index (χ4v) is 3.23. The highest BCUT2D eigenvalue weighted by Gasteiger charge is 2.21. The molecule has 0 fully saturated rings. The standard InChI is InChI=1S/C12H4Cl6O/c13-4-1-2-5(14)10(17)8(4)9-6(15)3-7(16)12(19)11(9)18/h1-3,19H. The topological polar surface area (TPSA) is 20.2 Å². The van der Waals surface area contributed by atoms with Crippen LogP contribution in [-0.2, 0) is 0 Å². The number of hydrogen-bond acceptors (Lipinski definition) is 1. The molecular weight excluding hydrogens is 373 g/mol. The number of phenolic OH excluding ortho intramolecular Hbond substituents is 1. The van der Waals surface area contributed by atoms with Gasteiger partial charge in [0.25, 0.3) is 0 Å².